The predicted octanol–water partition coefficient (Wildman–Crippen LogP) is 3.88. The number of imidazole rings is 1. The molecule has 1 amide bonds. The van der Waals surface area contributed by atoms with Gasteiger partial charge in [0.15, 0.2) is 0 Å². The molecular formula is C23H26FN3O3. The molecule has 30 heavy (non-hydrogen) atoms. The summed E-state index contributed by atoms with van der Waals surface area (Å²) < 4.78 is 19.9. The van der Waals surface area contributed by atoms with E-state index in [9.17, 15) is 14.0 Å². The first-order chi connectivity index (χ1) is 14.6. The molecule has 3 aromatic rings. The Morgan fingerprint density at radius 3 is 2.60 bits per heavy atom. The standard InChI is InChI=1S/C23H26FN3O3/c1-2-30-22(28)16-27-20-9-6-5-8-19(20)26-21(27)10-4-3-7-15-25-23(29)17-11-13-18(24)14-12-17/h5-6,8-9,11-14H,2-4,7,10,15-16H2,1H3,(H,25,29). The summed E-state index contributed by atoms with van der Waals surface area (Å²) in [6, 6.07) is 13.2. The van der Waals surface area contributed by atoms with Crippen LogP contribution in [0.15, 0.2) is 48.5 Å². The molecule has 158 valence electrons. The highest BCUT2D eigenvalue weighted by atomic mass is 19.1. The predicted molar refractivity (Wildman–Crippen MR) is 113 cm³/mol. The number of carbonyl (C=O) groups excluding carboxylic acids is 2. The number of rotatable bonds is 10. The lowest BCUT2D eigenvalue weighted by Gasteiger charge is -2.09. The summed E-state index contributed by atoms with van der Waals surface area (Å²) in [6.45, 7) is 2.84. The molecule has 0 spiro atoms. The zero-order chi connectivity index (χ0) is 21.3. The Morgan fingerprint density at radius 2 is 1.83 bits per heavy atom. The minimum Gasteiger partial charge on any atom is -0.465 e. The van der Waals surface area contributed by atoms with Crippen molar-refractivity contribution in [3.05, 3.63) is 65.7 Å². The van der Waals surface area contributed by atoms with Crippen LogP contribution in [0.1, 0.15) is 42.4 Å². The normalized spacial score (nSPS) is 10.9. The Morgan fingerprint density at radius 1 is 1.07 bits per heavy atom. The van der Waals surface area contributed by atoms with E-state index in [-0.39, 0.29) is 24.2 Å². The van der Waals surface area contributed by atoms with E-state index in [1.807, 2.05) is 28.8 Å². The molecule has 0 radical (unpaired) electrons. The van der Waals surface area contributed by atoms with Crippen molar-refractivity contribution in [1.82, 2.24) is 14.9 Å². The summed E-state index contributed by atoms with van der Waals surface area (Å²) in [6.07, 6.45) is 3.36. The summed E-state index contributed by atoms with van der Waals surface area (Å²) in [7, 11) is 0. The third kappa shape index (κ3) is 5.65. The largest absolute Gasteiger partial charge is 0.465 e. The number of esters is 1. The molecule has 0 fully saturated rings. The Bertz CT molecular complexity index is 999. The first kappa shape index (κ1) is 21.5. The van der Waals surface area contributed by atoms with E-state index in [1.54, 1.807) is 6.92 Å². The minimum absolute atomic E-state index is 0.150. The Balaban J connectivity index is 1.49. The summed E-state index contributed by atoms with van der Waals surface area (Å²) >= 11 is 0. The fourth-order valence-corrected chi connectivity index (χ4v) is 3.32. The van der Waals surface area contributed by atoms with Gasteiger partial charge in [-0.05, 0) is 56.2 Å². The third-order valence-electron chi connectivity index (χ3n) is 4.80. The van der Waals surface area contributed by atoms with Crippen LogP contribution in [-0.4, -0.2) is 34.6 Å². The average molecular weight is 411 g/mol. The molecule has 1 aromatic heterocycles. The second kappa shape index (κ2) is 10.5. The molecule has 0 aliphatic heterocycles. The van der Waals surface area contributed by atoms with E-state index in [1.165, 1.54) is 24.3 Å². The molecular weight excluding hydrogens is 385 g/mol. The van der Waals surface area contributed by atoms with Crippen molar-refractivity contribution >= 4 is 22.9 Å². The highest BCUT2D eigenvalue weighted by molar-refractivity contribution is 5.94. The summed E-state index contributed by atoms with van der Waals surface area (Å²) in [4.78, 5) is 28.7. The molecule has 0 saturated carbocycles. The number of aryl methyl sites for hydroxylation is 1. The van der Waals surface area contributed by atoms with E-state index in [0.29, 0.717) is 18.7 Å². The number of hydrogen-bond donors (Lipinski definition) is 1. The van der Waals surface area contributed by atoms with Crippen molar-refractivity contribution in [2.45, 2.75) is 39.2 Å². The van der Waals surface area contributed by atoms with Crippen molar-refractivity contribution in [1.29, 1.82) is 0 Å². The van der Waals surface area contributed by atoms with E-state index < -0.39 is 0 Å². The highest BCUT2D eigenvalue weighted by Gasteiger charge is 2.14. The van der Waals surface area contributed by atoms with Gasteiger partial charge in [0.05, 0.1) is 17.6 Å². The van der Waals surface area contributed by atoms with Crippen molar-refractivity contribution < 1.29 is 18.7 Å². The number of amides is 1. The molecule has 3 rings (SSSR count). The van der Waals surface area contributed by atoms with E-state index in [4.69, 9.17) is 4.74 Å². The van der Waals surface area contributed by atoms with Crippen LogP contribution in [0.25, 0.3) is 11.0 Å². The maximum absolute atomic E-state index is 12.9. The van der Waals surface area contributed by atoms with Crippen LogP contribution in [0.5, 0.6) is 0 Å². The molecule has 0 atom stereocenters. The first-order valence-electron chi connectivity index (χ1n) is 10.2. The Hall–Kier alpha value is -3.22. The van der Waals surface area contributed by atoms with Crippen LogP contribution in [0.4, 0.5) is 4.39 Å². The lowest BCUT2D eigenvalue weighted by molar-refractivity contribution is -0.143. The van der Waals surface area contributed by atoms with Crippen molar-refractivity contribution in [3.8, 4) is 0 Å². The van der Waals surface area contributed by atoms with Crippen molar-refractivity contribution in [2.24, 2.45) is 0 Å². The molecule has 0 aliphatic carbocycles. The van der Waals surface area contributed by atoms with Crippen LogP contribution >= 0.6 is 0 Å². The molecule has 0 aliphatic rings. The van der Waals surface area contributed by atoms with Crippen LogP contribution in [-0.2, 0) is 22.5 Å². The molecule has 0 bridgehead atoms. The molecule has 2 aromatic carbocycles. The number of para-hydroxylation sites is 2. The lowest BCUT2D eigenvalue weighted by atomic mass is 10.1. The number of hydrogen-bond acceptors (Lipinski definition) is 4. The van der Waals surface area contributed by atoms with Gasteiger partial charge in [-0.3, -0.25) is 9.59 Å². The molecule has 6 nitrogen and oxygen atoms in total. The van der Waals surface area contributed by atoms with Gasteiger partial charge in [0.2, 0.25) is 0 Å². The zero-order valence-corrected chi connectivity index (χ0v) is 17.1. The number of unbranched alkanes of at least 4 members (excludes halogenated alkanes) is 2. The summed E-state index contributed by atoms with van der Waals surface area (Å²) in [5, 5.41) is 2.85. The van der Waals surface area contributed by atoms with Crippen LogP contribution in [0.3, 0.4) is 0 Å². The van der Waals surface area contributed by atoms with Gasteiger partial charge in [-0.2, -0.15) is 0 Å². The van der Waals surface area contributed by atoms with Crippen LogP contribution in [0, 0.1) is 5.82 Å². The Labute approximate surface area is 175 Å². The number of aromatic nitrogens is 2. The van der Waals surface area contributed by atoms with Gasteiger partial charge in [-0.25, -0.2) is 9.37 Å². The van der Waals surface area contributed by atoms with Crippen LogP contribution in [0.2, 0.25) is 0 Å². The second-order valence-electron chi connectivity index (χ2n) is 6.98. The van der Waals surface area contributed by atoms with Gasteiger partial charge in [-0.15, -0.1) is 0 Å². The molecule has 0 saturated heterocycles. The summed E-state index contributed by atoms with van der Waals surface area (Å²) in [5.74, 6) is 0.0248. The third-order valence-corrected chi connectivity index (χ3v) is 4.80. The number of nitrogens with one attached hydrogen (secondary N) is 1. The number of nitrogens with zero attached hydrogens (tertiary/aromatic N) is 2. The van der Waals surface area contributed by atoms with Gasteiger partial charge in [0.1, 0.15) is 18.2 Å². The van der Waals surface area contributed by atoms with Crippen molar-refractivity contribution in [2.75, 3.05) is 13.2 Å². The molecule has 0 unspecified atom stereocenters. The number of benzene rings is 2. The number of fused-ring (bicyclic) bond motifs is 1. The van der Waals surface area contributed by atoms with Gasteiger partial charge in [0, 0.05) is 18.5 Å². The quantitative estimate of drug-likeness (QED) is 0.406. The summed E-state index contributed by atoms with van der Waals surface area (Å²) in [5.41, 5.74) is 2.24. The SMILES string of the molecule is CCOC(=O)Cn1c(CCCCCNC(=O)c2ccc(F)cc2)nc2ccccc21. The number of ether oxygens (including phenoxy) is 1. The topological polar surface area (TPSA) is 73.2 Å². The number of carbonyl (C=O) groups is 2. The first-order valence-corrected chi connectivity index (χ1v) is 10.2. The number of halogens is 1. The Kier molecular flexibility index (Phi) is 7.54. The van der Waals surface area contributed by atoms with E-state index >= 15 is 0 Å². The maximum Gasteiger partial charge on any atom is 0.326 e. The zero-order valence-electron chi connectivity index (χ0n) is 17.1. The van der Waals surface area contributed by atoms with Gasteiger partial charge < -0.3 is 14.6 Å². The average Bonchev–Trinajstić information content (AvgIpc) is 3.08. The smallest absolute Gasteiger partial charge is 0.326 e. The highest BCUT2D eigenvalue weighted by Crippen LogP contribution is 2.18. The van der Waals surface area contributed by atoms with E-state index in [0.717, 1.165) is 42.5 Å². The molecule has 1 N–H and O–H groups in total. The lowest BCUT2D eigenvalue weighted by Crippen LogP contribution is -2.24. The van der Waals surface area contributed by atoms with Gasteiger partial charge in [-0.1, -0.05) is 18.6 Å². The van der Waals surface area contributed by atoms with Crippen molar-refractivity contribution in [3.63, 3.8) is 0 Å². The fraction of sp³-hybridized carbons (Fsp3) is 0.348. The fourth-order valence-electron chi connectivity index (χ4n) is 3.32. The molecule has 1 heterocycles. The molecule has 7 heteroatoms. The van der Waals surface area contributed by atoms with Gasteiger partial charge >= 0.3 is 5.97 Å². The van der Waals surface area contributed by atoms with E-state index in [2.05, 4.69) is 10.3 Å². The maximum atomic E-state index is 12.9. The minimum atomic E-state index is -0.361. The second-order valence-corrected chi connectivity index (χ2v) is 6.98. The van der Waals surface area contributed by atoms with Crippen LogP contribution < -0.4 is 5.32 Å². The monoisotopic (exact) mass is 411 g/mol. The van der Waals surface area contributed by atoms with Gasteiger partial charge in [0.25, 0.3) is 5.91 Å².